The molecule has 0 saturated heterocycles. The Morgan fingerprint density at radius 3 is 2.71 bits per heavy atom. The number of amides is 1. The maximum atomic E-state index is 12.8. The highest BCUT2D eigenvalue weighted by atomic mass is 79.9. The molecule has 0 fully saturated rings. The molecule has 9 heteroatoms. The molecular weight excluding hydrogens is 353 g/mol. The maximum Gasteiger partial charge on any atom is 0.417 e. The fourth-order valence-electron chi connectivity index (χ4n) is 1.60. The quantitative estimate of drug-likeness (QED) is 0.911. The molecule has 1 amide bonds. The first-order chi connectivity index (χ1) is 9.79. The van der Waals surface area contributed by atoms with Gasteiger partial charge in [0.15, 0.2) is 0 Å². The molecule has 1 aromatic carbocycles. The van der Waals surface area contributed by atoms with Gasteiger partial charge in [-0.2, -0.15) is 18.3 Å². The standard InChI is InChI=1S/C12H10BrF3N4O/c1-7(20-6-17-5-18-20)11(21)19-8-2-3-10(13)9(4-8)12(14,15)16/h2-7H,1H3,(H,19,21). The maximum absolute atomic E-state index is 12.8. The highest BCUT2D eigenvalue weighted by molar-refractivity contribution is 9.10. The smallest absolute Gasteiger partial charge is 0.324 e. The van der Waals surface area contributed by atoms with Gasteiger partial charge in [0.25, 0.3) is 0 Å². The first-order valence-corrected chi connectivity index (χ1v) is 6.60. The van der Waals surface area contributed by atoms with Crippen molar-refractivity contribution < 1.29 is 18.0 Å². The van der Waals surface area contributed by atoms with Crippen LogP contribution >= 0.6 is 15.9 Å². The zero-order valence-corrected chi connectivity index (χ0v) is 12.3. The van der Waals surface area contributed by atoms with Crippen molar-refractivity contribution in [3.63, 3.8) is 0 Å². The molecule has 0 aliphatic heterocycles. The third kappa shape index (κ3) is 3.60. The third-order valence-electron chi connectivity index (χ3n) is 2.75. The lowest BCUT2D eigenvalue weighted by Crippen LogP contribution is -2.24. The van der Waals surface area contributed by atoms with E-state index in [1.165, 1.54) is 29.5 Å². The van der Waals surface area contributed by atoms with E-state index in [2.05, 4.69) is 31.3 Å². The van der Waals surface area contributed by atoms with Crippen LogP contribution in [0, 0.1) is 0 Å². The van der Waals surface area contributed by atoms with E-state index in [-0.39, 0.29) is 10.2 Å². The molecule has 112 valence electrons. The van der Waals surface area contributed by atoms with E-state index in [1.54, 1.807) is 6.92 Å². The number of anilines is 1. The summed E-state index contributed by atoms with van der Waals surface area (Å²) in [5.74, 6) is -0.490. The van der Waals surface area contributed by atoms with Crippen LogP contribution in [0.4, 0.5) is 18.9 Å². The molecule has 5 nitrogen and oxygen atoms in total. The summed E-state index contributed by atoms with van der Waals surface area (Å²) >= 11 is 2.84. The van der Waals surface area contributed by atoms with Crippen LogP contribution < -0.4 is 5.32 Å². The number of carbonyl (C=O) groups is 1. The van der Waals surface area contributed by atoms with E-state index in [0.717, 1.165) is 6.07 Å². The van der Waals surface area contributed by atoms with Gasteiger partial charge in [0.2, 0.25) is 5.91 Å². The number of nitrogens with one attached hydrogen (secondary N) is 1. The number of alkyl halides is 3. The van der Waals surface area contributed by atoms with Gasteiger partial charge < -0.3 is 5.32 Å². The lowest BCUT2D eigenvalue weighted by Gasteiger charge is -2.14. The average molecular weight is 363 g/mol. The van der Waals surface area contributed by atoms with E-state index in [0.29, 0.717) is 0 Å². The van der Waals surface area contributed by atoms with Crippen LogP contribution in [0.1, 0.15) is 18.5 Å². The van der Waals surface area contributed by atoms with Crippen molar-refractivity contribution in [2.24, 2.45) is 0 Å². The van der Waals surface area contributed by atoms with Gasteiger partial charge in [-0.05, 0) is 25.1 Å². The van der Waals surface area contributed by atoms with E-state index < -0.39 is 23.7 Å². The zero-order valence-electron chi connectivity index (χ0n) is 10.7. The molecule has 0 bridgehead atoms. The van der Waals surface area contributed by atoms with Crippen molar-refractivity contribution in [2.75, 3.05) is 5.32 Å². The summed E-state index contributed by atoms with van der Waals surface area (Å²) in [5.41, 5.74) is -0.795. The number of carbonyl (C=O) groups excluding carboxylic acids is 1. The van der Waals surface area contributed by atoms with Gasteiger partial charge in [-0.25, -0.2) is 9.67 Å². The van der Waals surface area contributed by atoms with E-state index in [4.69, 9.17) is 0 Å². The van der Waals surface area contributed by atoms with Crippen molar-refractivity contribution >= 4 is 27.5 Å². The van der Waals surface area contributed by atoms with Gasteiger partial charge >= 0.3 is 6.18 Å². The minimum Gasteiger partial charge on any atom is -0.324 e. The van der Waals surface area contributed by atoms with Crippen molar-refractivity contribution in [3.8, 4) is 0 Å². The minimum atomic E-state index is -4.50. The summed E-state index contributed by atoms with van der Waals surface area (Å²) in [6.45, 7) is 1.56. The molecule has 0 aliphatic carbocycles. The van der Waals surface area contributed by atoms with Crippen molar-refractivity contribution in [3.05, 3.63) is 40.9 Å². The Bertz CT molecular complexity index is 642. The van der Waals surface area contributed by atoms with Crippen LogP contribution in [0.5, 0.6) is 0 Å². The van der Waals surface area contributed by atoms with Gasteiger partial charge in [-0.15, -0.1) is 0 Å². The normalized spacial score (nSPS) is 13.0. The van der Waals surface area contributed by atoms with Crippen LogP contribution in [0.2, 0.25) is 0 Å². The minimum absolute atomic E-state index is 0.0579. The summed E-state index contributed by atoms with van der Waals surface area (Å²) in [6.07, 6.45) is -1.88. The lowest BCUT2D eigenvalue weighted by molar-refractivity contribution is -0.138. The Morgan fingerprint density at radius 2 is 2.14 bits per heavy atom. The highest BCUT2D eigenvalue weighted by Crippen LogP contribution is 2.36. The van der Waals surface area contributed by atoms with E-state index in [9.17, 15) is 18.0 Å². The monoisotopic (exact) mass is 362 g/mol. The van der Waals surface area contributed by atoms with E-state index in [1.807, 2.05) is 0 Å². The summed E-state index contributed by atoms with van der Waals surface area (Å²) in [7, 11) is 0. The van der Waals surface area contributed by atoms with Gasteiger partial charge in [0.1, 0.15) is 18.7 Å². The topological polar surface area (TPSA) is 59.8 Å². The fourth-order valence-corrected chi connectivity index (χ4v) is 2.08. The second-order valence-corrected chi connectivity index (χ2v) is 5.09. The van der Waals surface area contributed by atoms with Crippen molar-refractivity contribution in [2.45, 2.75) is 19.1 Å². The Morgan fingerprint density at radius 1 is 1.43 bits per heavy atom. The predicted molar refractivity (Wildman–Crippen MR) is 72.5 cm³/mol. The fraction of sp³-hybridized carbons (Fsp3) is 0.250. The molecule has 0 saturated carbocycles. The Kier molecular flexibility index (Phi) is 4.31. The Hall–Kier alpha value is -1.90. The number of aromatic nitrogens is 3. The average Bonchev–Trinajstić information content (AvgIpc) is 2.92. The molecule has 1 aromatic heterocycles. The summed E-state index contributed by atoms with van der Waals surface area (Å²) in [4.78, 5) is 15.7. The number of benzene rings is 1. The molecule has 0 aliphatic rings. The number of halogens is 4. The number of hydrogen-bond donors (Lipinski definition) is 1. The molecule has 21 heavy (non-hydrogen) atoms. The van der Waals surface area contributed by atoms with E-state index >= 15 is 0 Å². The van der Waals surface area contributed by atoms with Crippen LogP contribution in [0.25, 0.3) is 0 Å². The molecule has 2 aromatic rings. The van der Waals surface area contributed by atoms with Crippen molar-refractivity contribution in [1.29, 1.82) is 0 Å². The molecule has 1 N–H and O–H groups in total. The second kappa shape index (κ2) is 5.84. The van der Waals surface area contributed by atoms with Crippen LogP contribution in [-0.4, -0.2) is 20.7 Å². The van der Waals surface area contributed by atoms with Crippen LogP contribution in [-0.2, 0) is 11.0 Å². The summed E-state index contributed by atoms with van der Waals surface area (Å²) in [5, 5.41) is 6.23. The predicted octanol–water partition coefficient (Wildman–Crippen LogP) is 3.26. The molecular formula is C12H10BrF3N4O. The molecule has 0 radical (unpaired) electrons. The van der Waals surface area contributed by atoms with Gasteiger partial charge in [-0.3, -0.25) is 4.79 Å². The van der Waals surface area contributed by atoms with Crippen molar-refractivity contribution in [1.82, 2.24) is 14.8 Å². The zero-order chi connectivity index (χ0) is 15.6. The van der Waals surface area contributed by atoms with Crippen LogP contribution in [0.15, 0.2) is 35.3 Å². The largest absolute Gasteiger partial charge is 0.417 e. The van der Waals surface area contributed by atoms with Gasteiger partial charge in [0, 0.05) is 10.2 Å². The lowest BCUT2D eigenvalue weighted by atomic mass is 10.2. The first-order valence-electron chi connectivity index (χ1n) is 5.81. The van der Waals surface area contributed by atoms with Gasteiger partial charge in [0.05, 0.1) is 5.56 Å². The molecule has 1 unspecified atom stereocenters. The SMILES string of the molecule is CC(C(=O)Nc1ccc(Br)c(C(F)(F)F)c1)n1cncn1. The summed E-state index contributed by atoms with van der Waals surface area (Å²) in [6, 6.07) is 2.80. The highest BCUT2D eigenvalue weighted by Gasteiger charge is 2.33. The van der Waals surface area contributed by atoms with Crippen LogP contribution in [0.3, 0.4) is 0 Å². The molecule has 1 atom stereocenters. The number of nitrogens with zero attached hydrogens (tertiary/aromatic N) is 3. The first kappa shape index (κ1) is 15.5. The number of hydrogen-bond acceptors (Lipinski definition) is 3. The molecule has 1 heterocycles. The third-order valence-corrected chi connectivity index (χ3v) is 3.44. The Balaban J connectivity index is 2.18. The molecule has 2 rings (SSSR count). The summed E-state index contributed by atoms with van der Waals surface area (Å²) < 4.78 is 39.6. The second-order valence-electron chi connectivity index (χ2n) is 4.23. The Labute approximate surface area is 126 Å². The van der Waals surface area contributed by atoms with Gasteiger partial charge in [-0.1, -0.05) is 15.9 Å². The molecule has 0 spiro atoms. The number of rotatable bonds is 3.